The van der Waals surface area contributed by atoms with Crippen LogP contribution in [0.15, 0.2) is 72.9 Å². The molecule has 2 atom stereocenters. The molecule has 428 valence electrons. The molecule has 0 bridgehead atoms. The molecule has 0 aromatic carbocycles. The van der Waals surface area contributed by atoms with Gasteiger partial charge in [-0.25, -0.2) is 0 Å². The summed E-state index contributed by atoms with van der Waals surface area (Å²) in [4.78, 5) is 37.3. The molecule has 0 radical (unpaired) electrons. The number of aliphatic carboxylic acids is 1. The second kappa shape index (κ2) is 55.9. The molecule has 0 aromatic heterocycles. The van der Waals surface area contributed by atoms with Gasteiger partial charge in [0.2, 0.25) is 0 Å². The number of esters is 2. The van der Waals surface area contributed by atoms with Crippen LogP contribution in [-0.4, -0.2) is 82.3 Å². The summed E-state index contributed by atoms with van der Waals surface area (Å²) in [5.41, 5.74) is 0. The minimum absolute atomic E-state index is 0.147. The van der Waals surface area contributed by atoms with Crippen LogP contribution in [0.1, 0.15) is 264 Å². The Balaban J connectivity index is 4.18. The molecule has 0 fully saturated rings. The second-order valence-corrected chi connectivity index (χ2v) is 21.6. The van der Waals surface area contributed by atoms with E-state index in [1.165, 1.54) is 154 Å². The van der Waals surface area contributed by atoms with E-state index in [-0.39, 0.29) is 32.2 Å². The Labute approximate surface area is 456 Å². The molecule has 2 unspecified atom stereocenters. The molecule has 0 rings (SSSR count). The smallest absolute Gasteiger partial charge is 0.306 e. The zero-order chi connectivity index (χ0) is 54.1. The minimum atomic E-state index is -1.62. The summed E-state index contributed by atoms with van der Waals surface area (Å²) in [7, 11) is 5.93. The number of allylic oxidation sites excluding steroid dienone is 12. The first-order valence-electron chi connectivity index (χ1n) is 30.6. The lowest BCUT2D eigenvalue weighted by Crippen LogP contribution is -2.44. The maximum absolute atomic E-state index is 12.9. The van der Waals surface area contributed by atoms with Crippen LogP contribution < -0.4 is 5.11 Å². The molecule has 0 heterocycles. The van der Waals surface area contributed by atoms with E-state index in [0.29, 0.717) is 23.9 Å². The van der Waals surface area contributed by atoms with E-state index in [0.717, 1.165) is 77.0 Å². The first-order valence-corrected chi connectivity index (χ1v) is 30.6. The van der Waals surface area contributed by atoms with Gasteiger partial charge in [-0.1, -0.05) is 260 Å². The molecule has 0 aromatic rings. The SMILES string of the molecule is CC/C=C\C/C=C\C/C=C\C/C=C\C/C=C\C/C=C\CCCCCCCCCCCCCCC(=O)OC(COC(=O)CCCCCCCCCCCCCCCCCCCC)COC(OCC[N+](C)(C)C)C(=O)[O-]. The van der Waals surface area contributed by atoms with Gasteiger partial charge in [-0.3, -0.25) is 9.59 Å². The van der Waals surface area contributed by atoms with Crippen LogP contribution in [0.3, 0.4) is 0 Å². The van der Waals surface area contributed by atoms with Gasteiger partial charge in [-0.15, -0.1) is 0 Å². The van der Waals surface area contributed by atoms with Gasteiger partial charge in [0, 0.05) is 12.8 Å². The summed E-state index contributed by atoms with van der Waals surface area (Å²) in [6.07, 6.45) is 69.5. The molecule has 0 aliphatic rings. The Morgan fingerprint density at radius 3 is 1.15 bits per heavy atom. The maximum Gasteiger partial charge on any atom is 0.306 e. The van der Waals surface area contributed by atoms with Crippen molar-refractivity contribution in [3.63, 3.8) is 0 Å². The number of nitrogens with zero attached hydrogens (tertiary/aromatic N) is 1. The molecule has 9 nitrogen and oxygen atoms in total. The van der Waals surface area contributed by atoms with Crippen LogP contribution in [0.25, 0.3) is 0 Å². The topological polar surface area (TPSA) is 111 Å². The van der Waals surface area contributed by atoms with Crippen LogP contribution in [0.4, 0.5) is 0 Å². The number of likely N-dealkylation sites (N-methyl/N-ethyl adjacent to an activating group) is 1. The van der Waals surface area contributed by atoms with Crippen molar-refractivity contribution in [2.75, 3.05) is 47.5 Å². The highest BCUT2D eigenvalue weighted by molar-refractivity contribution is 5.70. The van der Waals surface area contributed by atoms with Gasteiger partial charge < -0.3 is 33.3 Å². The lowest BCUT2D eigenvalue weighted by Gasteiger charge is -2.26. The number of carbonyl (C=O) groups excluding carboxylic acids is 3. The summed E-state index contributed by atoms with van der Waals surface area (Å²) < 4.78 is 22.7. The van der Waals surface area contributed by atoms with Crippen molar-refractivity contribution in [1.82, 2.24) is 0 Å². The van der Waals surface area contributed by atoms with Crippen molar-refractivity contribution in [2.45, 2.75) is 277 Å². The first-order chi connectivity index (χ1) is 36.1. The number of carboxylic acid groups (broad SMARTS) is 1. The van der Waals surface area contributed by atoms with Crippen molar-refractivity contribution < 1.29 is 42.9 Å². The molecule has 0 aliphatic carbocycles. The molecular formula is C65H115NO8. The molecule has 9 heteroatoms. The number of carbonyl (C=O) groups is 3. The van der Waals surface area contributed by atoms with Gasteiger partial charge in [0.05, 0.1) is 40.3 Å². The van der Waals surface area contributed by atoms with E-state index in [1.807, 2.05) is 21.1 Å². The fraction of sp³-hybridized carbons (Fsp3) is 0.769. The van der Waals surface area contributed by atoms with E-state index in [4.69, 9.17) is 18.9 Å². The number of rotatable bonds is 56. The summed E-state index contributed by atoms with van der Waals surface area (Å²) in [5.74, 6) is -2.27. The highest BCUT2D eigenvalue weighted by Crippen LogP contribution is 2.17. The third-order valence-corrected chi connectivity index (χ3v) is 13.2. The summed E-state index contributed by atoms with van der Waals surface area (Å²) in [5, 5.41) is 11.8. The lowest BCUT2D eigenvalue weighted by atomic mass is 10.0. The number of hydrogen-bond donors (Lipinski definition) is 0. The molecule has 0 spiro atoms. The third-order valence-electron chi connectivity index (χ3n) is 13.2. The average Bonchev–Trinajstić information content (AvgIpc) is 3.37. The summed E-state index contributed by atoms with van der Waals surface area (Å²) in [6.45, 7) is 4.66. The number of unbranched alkanes of at least 4 members (excludes halogenated alkanes) is 29. The van der Waals surface area contributed by atoms with Crippen molar-refractivity contribution >= 4 is 17.9 Å². The number of hydrogen-bond acceptors (Lipinski definition) is 8. The quantitative estimate of drug-likeness (QED) is 0.0195. The van der Waals surface area contributed by atoms with Crippen LogP contribution in [-0.2, 0) is 33.3 Å². The third kappa shape index (κ3) is 56.5. The van der Waals surface area contributed by atoms with Gasteiger partial charge in [0.15, 0.2) is 12.4 Å². The van der Waals surface area contributed by atoms with E-state index >= 15 is 0 Å². The molecule has 0 amide bonds. The predicted molar refractivity (Wildman–Crippen MR) is 311 cm³/mol. The zero-order valence-corrected chi connectivity index (χ0v) is 48.7. The average molecular weight is 1040 g/mol. The highest BCUT2D eigenvalue weighted by atomic mass is 16.7. The Morgan fingerprint density at radius 1 is 0.419 bits per heavy atom. The molecule has 0 N–H and O–H groups in total. The standard InChI is InChI=1S/C65H115NO8/c1-6-8-10-12-14-16-18-20-22-24-26-27-28-29-30-31-32-33-34-35-36-37-38-40-42-44-46-48-50-52-54-56-63(68)74-61(60-73-65(64(69)70)71-58-57-66(3,4)5)59-72-62(67)55-53-51-49-47-45-43-41-39-25-23-21-19-17-15-13-11-9-7-2/h8,10,14,16,20,22,26-27,29-30,32-33,61,65H,6-7,9,11-13,15,17-19,21,23-25,28,31,34-60H2,1-5H3/b10-8-,16-14-,22-20-,27-26-,30-29-,33-32-. The second-order valence-electron chi connectivity index (χ2n) is 21.6. The monoisotopic (exact) mass is 1040 g/mol. The predicted octanol–water partition coefficient (Wildman–Crippen LogP) is 16.8. The first kappa shape index (κ1) is 70.7. The summed E-state index contributed by atoms with van der Waals surface area (Å²) in [6, 6.07) is 0. The summed E-state index contributed by atoms with van der Waals surface area (Å²) >= 11 is 0. The largest absolute Gasteiger partial charge is 0.545 e. The zero-order valence-electron chi connectivity index (χ0n) is 48.7. The molecule has 74 heavy (non-hydrogen) atoms. The Morgan fingerprint density at radius 2 is 0.770 bits per heavy atom. The minimum Gasteiger partial charge on any atom is -0.545 e. The van der Waals surface area contributed by atoms with E-state index < -0.39 is 24.3 Å². The van der Waals surface area contributed by atoms with Gasteiger partial charge in [-0.2, -0.15) is 0 Å². The van der Waals surface area contributed by atoms with Gasteiger partial charge >= 0.3 is 11.9 Å². The lowest BCUT2D eigenvalue weighted by molar-refractivity contribution is -0.870. The number of carboxylic acids is 1. The van der Waals surface area contributed by atoms with Crippen LogP contribution in [0.2, 0.25) is 0 Å². The van der Waals surface area contributed by atoms with Crippen molar-refractivity contribution in [3.8, 4) is 0 Å². The number of quaternary nitrogens is 1. The van der Waals surface area contributed by atoms with Gasteiger partial charge in [0.25, 0.3) is 0 Å². The molecule has 0 saturated heterocycles. The van der Waals surface area contributed by atoms with E-state index in [1.54, 1.807) is 0 Å². The van der Waals surface area contributed by atoms with Crippen LogP contribution >= 0.6 is 0 Å². The van der Waals surface area contributed by atoms with Gasteiger partial charge in [-0.05, 0) is 64.2 Å². The number of ether oxygens (including phenoxy) is 4. The molecular weight excluding hydrogens is 923 g/mol. The molecule has 0 saturated carbocycles. The van der Waals surface area contributed by atoms with E-state index in [2.05, 4.69) is 86.8 Å². The Kier molecular flexibility index (Phi) is 53.5. The Hall–Kier alpha value is -3.27. The Bertz CT molecular complexity index is 1440. The van der Waals surface area contributed by atoms with Crippen molar-refractivity contribution in [1.29, 1.82) is 0 Å². The van der Waals surface area contributed by atoms with E-state index in [9.17, 15) is 19.5 Å². The van der Waals surface area contributed by atoms with Gasteiger partial charge in [0.1, 0.15) is 13.2 Å². The highest BCUT2D eigenvalue weighted by Gasteiger charge is 2.22. The van der Waals surface area contributed by atoms with Crippen LogP contribution in [0, 0.1) is 0 Å². The normalized spacial score (nSPS) is 13.3. The van der Waals surface area contributed by atoms with Crippen molar-refractivity contribution in [2.24, 2.45) is 0 Å². The fourth-order valence-electron chi connectivity index (χ4n) is 8.54. The van der Waals surface area contributed by atoms with Crippen molar-refractivity contribution in [3.05, 3.63) is 72.9 Å². The van der Waals surface area contributed by atoms with Crippen LogP contribution in [0.5, 0.6) is 0 Å². The fourth-order valence-corrected chi connectivity index (χ4v) is 8.54. The maximum atomic E-state index is 12.9. The molecule has 0 aliphatic heterocycles.